The van der Waals surface area contributed by atoms with Gasteiger partial charge in [-0.3, -0.25) is 0 Å². The monoisotopic (exact) mass is 197 g/mol. The van der Waals surface area contributed by atoms with Gasteiger partial charge in [0.25, 0.3) is 0 Å². The van der Waals surface area contributed by atoms with Gasteiger partial charge in [0.15, 0.2) is 0 Å². The van der Waals surface area contributed by atoms with Crippen LogP contribution in [0.3, 0.4) is 0 Å². The SMILES string of the molecule is CC1=NC[I-]N1. The molecule has 1 heterocycles. The summed E-state index contributed by atoms with van der Waals surface area (Å²) in [6.07, 6.45) is 0. The Morgan fingerprint density at radius 2 is 2.83 bits per heavy atom. The third kappa shape index (κ3) is 0.830. The van der Waals surface area contributed by atoms with Crippen LogP contribution in [0.15, 0.2) is 4.99 Å². The summed E-state index contributed by atoms with van der Waals surface area (Å²) in [5.41, 5.74) is 0. The van der Waals surface area contributed by atoms with Crippen molar-refractivity contribution in [3.8, 4) is 0 Å². The normalized spacial score (nSPS) is 21.2. The topological polar surface area (TPSA) is 24.4 Å². The van der Waals surface area contributed by atoms with Crippen molar-refractivity contribution < 1.29 is 21.5 Å². The van der Waals surface area contributed by atoms with E-state index in [1.54, 1.807) is 0 Å². The molecular weight excluding hydrogens is 191 g/mol. The predicted molar refractivity (Wildman–Crippen MR) is 21.1 cm³/mol. The first-order valence-electron chi connectivity index (χ1n) is 1.75. The third-order valence-electron chi connectivity index (χ3n) is 0.560. The van der Waals surface area contributed by atoms with Crippen LogP contribution in [0.2, 0.25) is 0 Å². The fourth-order valence-corrected chi connectivity index (χ4v) is 1.85. The summed E-state index contributed by atoms with van der Waals surface area (Å²) in [5.74, 6) is 1.13. The average Bonchev–Trinajstić information content (AvgIpc) is 1.86. The van der Waals surface area contributed by atoms with Crippen molar-refractivity contribution in [1.82, 2.24) is 3.53 Å². The Morgan fingerprint density at radius 1 is 2.00 bits per heavy atom. The number of rotatable bonds is 0. The zero-order valence-corrected chi connectivity index (χ0v) is 5.69. The van der Waals surface area contributed by atoms with Crippen LogP contribution in [0, 0.1) is 0 Å². The zero-order chi connectivity index (χ0) is 4.41. The Labute approximate surface area is 47.7 Å². The van der Waals surface area contributed by atoms with Crippen LogP contribution in [-0.4, -0.2) is 10.4 Å². The van der Waals surface area contributed by atoms with Crippen molar-refractivity contribution in [2.24, 2.45) is 4.99 Å². The molecule has 0 saturated heterocycles. The molecule has 0 aromatic heterocycles. The van der Waals surface area contributed by atoms with Crippen LogP contribution >= 0.6 is 0 Å². The second kappa shape index (κ2) is 1.77. The van der Waals surface area contributed by atoms with Gasteiger partial charge in [0.05, 0.1) is 0 Å². The molecule has 1 aliphatic rings. The molecule has 0 aromatic rings. The first-order valence-corrected chi connectivity index (χ1v) is 4.35. The molecule has 1 N–H and O–H groups in total. The number of nitrogens with one attached hydrogen (secondary N) is 1. The average molecular weight is 197 g/mol. The number of hydrogen-bond donors (Lipinski definition) is 1. The Kier molecular flexibility index (Phi) is 1.29. The molecule has 0 spiro atoms. The van der Waals surface area contributed by atoms with E-state index in [0.717, 1.165) is 10.4 Å². The van der Waals surface area contributed by atoms with Crippen LogP contribution < -0.4 is 25.0 Å². The molecule has 0 radical (unpaired) electrons. The van der Waals surface area contributed by atoms with Gasteiger partial charge in [-0.2, -0.15) is 0 Å². The summed E-state index contributed by atoms with van der Waals surface area (Å²) in [7, 11) is 0. The first-order chi connectivity index (χ1) is 2.89. The number of amidine groups is 1. The summed E-state index contributed by atoms with van der Waals surface area (Å²) in [4.78, 5) is 4.09. The molecule has 1 aliphatic heterocycles. The van der Waals surface area contributed by atoms with E-state index in [4.69, 9.17) is 0 Å². The maximum atomic E-state index is 4.09. The van der Waals surface area contributed by atoms with Gasteiger partial charge in [-0.1, -0.05) is 0 Å². The van der Waals surface area contributed by atoms with Crippen molar-refractivity contribution >= 4 is 5.84 Å². The molecule has 0 aromatic carbocycles. The van der Waals surface area contributed by atoms with Crippen LogP contribution in [0.4, 0.5) is 0 Å². The fraction of sp³-hybridized carbons (Fsp3) is 0.667. The Bertz CT molecular complexity index is 78.9. The molecule has 2 nitrogen and oxygen atoms in total. The molecule has 3 heteroatoms. The van der Waals surface area contributed by atoms with Gasteiger partial charge in [-0.15, -0.1) is 0 Å². The van der Waals surface area contributed by atoms with E-state index in [1.807, 2.05) is 6.92 Å². The van der Waals surface area contributed by atoms with Gasteiger partial charge >= 0.3 is 47.3 Å². The summed E-state index contributed by atoms with van der Waals surface area (Å²) < 4.78 is 4.25. The summed E-state index contributed by atoms with van der Waals surface area (Å²) >= 11 is 0.248. The number of alkyl halides is 1. The second-order valence-corrected chi connectivity index (χ2v) is 3.08. The predicted octanol–water partition coefficient (Wildman–Crippen LogP) is -3.03. The number of nitrogens with zero attached hydrogens (tertiary/aromatic N) is 1. The van der Waals surface area contributed by atoms with Crippen LogP contribution in [0.1, 0.15) is 6.92 Å². The van der Waals surface area contributed by atoms with E-state index in [1.165, 1.54) is 0 Å². The molecule has 1 rings (SSSR count). The molecule has 36 valence electrons. The van der Waals surface area contributed by atoms with Gasteiger partial charge in [-0.25, -0.2) is 0 Å². The molecule has 0 atom stereocenters. The van der Waals surface area contributed by atoms with Gasteiger partial charge in [0.1, 0.15) is 0 Å². The Hall–Kier alpha value is 0.200. The Balaban J connectivity index is 2.45. The standard InChI is InChI=1S/C3H6IN2/c1-3-5-2-4-6-3/h2H2,1H3,(H,5,6)/q-1. The fourth-order valence-electron chi connectivity index (χ4n) is 0.276. The second-order valence-electron chi connectivity index (χ2n) is 1.09. The van der Waals surface area contributed by atoms with Crippen molar-refractivity contribution in [2.45, 2.75) is 6.92 Å². The van der Waals surface area contributed by atoms with Gasteiger partial charge in [0, 0.05) is 0 Å². The number of aliphatic imine (C=N–C) groups is 1. The minimum atomic E-state index is 0.248. The van der Waals surface area contributed by atoms with E-state index in [0.29, 0.717) is 0 Å². The van der Waals surface area contributed by atoms with Gasteiger partial charge in [-0.05, 0) is 0 Å². The molecular formula is C3H6IN2-. The Morgan fingerprint density at radius 3 is 3.00 bits per heavy atom. The van der Waals surface area contributed by atoms with Crippen molar-refractivity contribution in [3.05, 3.63) is 0 Å². The van der Waals surface area contributed by atoms with E-state index in [-0.39, 0.29) is 21.5 Å². The van der Waals surface area contributed by atoms with E-state index in [2.05, 4.69) is 8.52 Å². The third-order valence-corrected chi connectivity index (χ3v) is 2.40. The number of halogens is 1. The van der Waals surface area contributed by atoms with Crippen molar-refractivity contribution in [2.75, 3.05) is 4.55 Å². The molecule has 6 heavy (non-hydrogen) atoms. The van der Waals surface area contributed by atoms with Crippen LogP contribution in [0.25, 0.3) is 0 Å². The number of hydrogen-bond acceptors (Lipinski definition) is 2. The van der Waals surface area contributed by atoms with Crippen LogP contribution in [0.5, 0.6) is 0 Å². The summed E-state index contributed by atoms with van der Waals surface area (Å²) in [5, 5.41) is 0. The summed E-state index contributed by atoms with van der Waals surface area (Å²) in [6, 6.07) is 0. The van der Waals surface area contributed by atoms with Gasteiger partial charge in [0.2, 0.25) is 0 Å². The quantitative estimate of drug-likeness (QED) is 0.190. The molecule has 0 saturated carbocycles. The van der Waals surface area contributed by atoms with Crippen molar-refractivity contribution in [1.29, 1.82) is 0 Å². The van der Waals surface area contributed by atoms with E-state index < -0.39 is 0 Å². The molecule has 0 aliphatic carbocycles. The first kappa shape index (κ1) is 4.36. The molecule has 0 amide bonds. The minimum absolute atomic E-state index is 0.248. The summed E-state index contributed by atoms with van der Waals surface area (Å²) in [6.45, 7) is 2.01. The molecule has 0 bridgehead atoms. The van der Waals surface area contributed by atoms with Crippen LogP contribution in [-0.2, 0) is 0 Å². The van der Waals surface area contributed by atoms with Crippen molar-refractivity contribution in [3.63, 3.8) is 0 Å². The van der Waals surface area contributed by atoms with E-state index in [9.17, 15) is 0 Å². The van der Waals surface area contributed by atoms with Gasteiger partial charge < -0.3 is 0 Å². The molecule has 0 fully saturated rings. The van der Waals surface area contributed by atoms with E-state index >= 15 is 0 Å². The zero-order valence-electron chi connectivity index (χ0n) is 3.53. The maximum absolute atomic E-state index is 4.09. The molecule has 0 unspecified atom stereocenters.